The van der Waals surface area contributed by atoms with E-state index in [9.17, 15) is 9.59 Å². The number of carboxylic acids is 1. The van der Waals surface area contributed by atoms with Gasteiger partial charge in [-0.3, -0.25) is 14.9 Å². The lowest BCUT2D eigenvalue weighted by Crippen LogP contribution is -2.41. The fourth-order valence-corrected chi connectivity index (χ4v) is 1.31. The Bertz CT molecular complexity index is 258. The zero-order valence-corrected chi connectivity index (χ0v) is 11.1. The van der Waals surface area contributed by atoms with Crippen molar-refractivity contribution < 1.29 is 19.4 Å². The van der Waals surface area contributed by atoms with Crippen molar-refractivity contribution in [1.29, 1.82) is 0 Å². The maximum Gasteiger partial charge on any atom is 0.320 e. The molecular formula is C12H23NO4. The number of esters is 1. The van der Waals surface area contributed by atoms with Gasteiger partial charge >= 0.3 is 11.9 Å². The number of carbonyl (C=O) groups is 2. The van der Waals surface area contributed by atoms with Crippen molar-refractivity contribution in [1.82, 2.24) is 5.32 Å². The van der Waals surface area contributed by atoms with Crippen molar-refractivity contribution in [2.45, 2.75) is 58.6 Å². The maximum absolute atomic E-state index is 11.4. The van der Waals surface area contributed by atoms with E-state index >= 15 is 0 Å². The van der Waals surface area contributed by atoms with Gasteiger partial charge in [0, 0.05) is 0 Å². The molecule has 2 N–H and O–H groups in total. The van der Waals surface area contributed by atoms with E-state index < -0.39 is 23.6 Å². The number of carboxylic acid groups (broad SMARTS) is 1. The number of carbonyl (C=O) groups excluding carboxylic acids is 1. The minimum absolute atomic E-state index is 0.0715. The molecule has 0 amide bonds. The van der Waals surface area contributed by atoms with Crippen LogP contribution in [0.25, 0.3) is 0 Å². The molecule has 0 saturated heterocycles. The summed E-state index contributed by atoms with van der Waals surface area (Å²) in [6, 6.07) is -0.678. The van der Waals surface area contributed by atoms with E-state index in [-0.39, 0.29) is 6.54 Å². The van der Waals surface area contributed by atoms with Crippen molar-refractivity contribution in [2.24, 2.45) is 0 Å². The number of aliphatic carboxylic acids is 1. The average Bonchev–Trinajstić information content (AvgIpc) is 2.14. The molecule has 0 aliphatic carbocycles. The highest BCUT2D eigenvalue weighted by Crippen LogP contribution is 2.07. The topological polar surface area (TPSA) is 75.6 Å². The number of rotatable bonds is 7. The summed E-state index contributed by atoms with van der Waals surface area (Å²) in [5.41, 5.74) is -0.541. The minimum atomic E-state index is -0.929. The molecular weight excluding hydrogens is 222 g/mol. The summed E-state index contributed by atoms with van der Waals surface area (Å²) in [6.07, 6.45) is 2.27. The molecule has 1 atom stereocenters. The molecule has 0 rings (SSSR count). The van der Waals surface area contributed by atoms with Crippen LogP contribution in [0.15, 0.2) is 0 Å². The zero-order chi connectivity index (χ0) is 13.5. The second-order valence-corrected chi connectivity index (χ2v) is 5.00. The molecule has 0 aromatic rings. The standard InChI is InChI=1S/C12H23NO4/c1-5-6-7-9(11(15)16)13-8-10(14)17-12(2,3)4/h9,13H,5-8H2,1-4H3,(H,15,16)/t9-/m0/s1. The second kappa shape index (κ2) is 7.27. The largest absolute Gasteiger partial charge is 0.480 e. The van der Waals surface area contributed by atoms with Gasteiger partial charge in [0.2, 0.25) is 0 Å². The van der Waals surface area contributed by atoms with Crippen LogP contribution < -0.4 is 5.32 Å². The van der Waals surface area contributed by atoms with Crippen molar-refractivity contribution >= 4 is 11.9 Å². The fraction of sp³-hybridized carbons (Fsp3) is 0.833. The van der Waals surface area contributed by atoms with Crippen molar-refractivity contribution in [3.05, 3.63) is 0 Å². The van der Waals surface area contributed by atoms with Gasteiger partial charge in [0.05, 0.1) is 6.54 Å². The van der Waals surface area contributed by atoms with E-state index in [1.807, 2.05) is 6.92 Å². The van der Waals surface area contributed by atoms with Crippen LogP contribution in [-0.4, -0.2) is 35.2 Å². The first-order valence-corrected chi connectivity index (χ1v) is 5.94. The van der Waals surface area contributed by atoms with Gasteiger partial charge in [-0.05, 0) is 27.2 Å². The summed E-state index contributed by atoms with van der Waals surface area (Å²) < 4.78 is 5.08. The SMILES string of the molecule is CCCC[C@H](NCC(=O)OC(C)(C)C)C(=O)O. The van der Waals surface area contributed by atoms with Gasteiger partial charge in [0.25, 0.3) is 0 Å². The summed E-state index contributed by atoms with van der Waals surface area (Å²) in [7, 11) is 0. The molecule has 0 aromatic carbocycles. The lowest BCUT2D eigenvalue weighted by molar-refractivity contribution is -0.154. The van der Waals surface area contributed by atoms with Gasteiger partial charge in [-0.2, -0.15) is 0 Å². The molecule has 0 aliphatic rings. The molecule has 0 spiro atoms. The average molecular weight is 245 g/mol. The van der Waals surface area contributed by atoms with Crippen LogP contribution in [0.1, 0.15) is 47.0 Å². The van der Waals surface area contributed by atoms with Crippen LogP contribution in [0.3, 0.4) is 0 Å². The lowest BCUT2D eigenvalue weighted by Gasteiger charge is -2.20. The van der Waals surface area contributed by atoms with Crippen LogP contribution >= 0.6 is 0 Å². The van der Waals surface area contributed by atoms with Gasteiger partial charge in [-0.1, -0.05) is 19.8 Å². The van der Waals surface area contributed by atoms with E-state index in [2.05, 4.69) is 5.32 Å². The molecule has 0 saturated carbocycles. The van der Waals surface area contributed by atoms with Gasteiger partial charge in [0.1, 0.15) is 11.6 Å². The van der Waals surface area contributed by atoms with Crippen LogP contribution in [0.4, 0.5) is 0 Å². The molecule has 0 aliphatic heterocycles. The highest BCUT2D eigenvalue weighted by atomic mass is 16.6. The van der Waals surface area contributed by atoms with Crippen molar-refractivity contribution in [3.8, 4) is 0 Å². The maximum atomic E-state index is 11.4. The third-order valence-corrected chi connectivity index (χ3v) is 2.06. The predicted molar refractivity (Wildman–Crippen MR) is 64.8 cm³/mol. The molecule has 0 fully saturated rings. The van der Waals surface area contributed by atoms with E-state index in [0.717, 1.165) is 12.8 Å². The van der Waals surface area contributed by atoms with Crippen molar-refractivity contribution in [3.63, 3.8) is 0 Å². The molecule has 0 bridgehead atoms. The number of hydrogen-bond donors (Lipinski definition) is 2. The summed E-state index contributed by atoms with van der Waals surface area (Å²) in [5, 5.41) is 11.6. The summed E-state index contributed by atoms with van der Waals surface area (Å²) in [6.45, 7) is 7.24. The Morgan fingerprint density at radius 2 is 1.94 bits per heavy atom. The molecule has 5 nitrogen and oxygen atoms in total. The number of unbranched alkanes of at least 4 members (excludes halogenated alkanes) is 1. The highest BCUT2D eigenvalue weighted by molar-refractivity contribution is 5.76. The smallest absolute Gasteiger partial charge is 0.320 e. The predicted octanol–water partition coefficient (Wildman–Crippen LogP) is 1.56. The third-order valence-electron chi connectivity index (χ3n) is 2.06. The van der Waals surface area contributed by atoms with E-state index in [4.69, 9.17) is 9.84 Å². The quantitative estimate of drug-likeness (QED) is 0.666. The van der Waals surface area contributed by atoms with Crippen LogP contribution in [0.2, 0.25) is 0 Å². The van der Waals surface area contributed by atoms with Gasteiger partial charge in [-0.25, -0.2) is 0 Å². The Hall–Kier alpha value is -1.10. The summed E-state index contributed by atoms with van der Waals surface area (Å²) >= 11 is 0. The van der Waals surface area contributed by atoms with Crippen molar-refractivity contribution in [2.75, 3.05) is 6.54 Å². The first-order valence-electron chi connectivity index (χ1n) is 5.94. The lowest BCUT2D eigenvalue weighted by atomic mass is 10.1. The van der Waals surface area contributed by atoms with Gasteiger partial charge < -0.3 is 9.84 Å². The fourth-order valence-electron chi connectivity index (χ4n) is 1.31. The van der Waals surface area contributed by atoms with Gasteiger partial charge in [-0.15, -0.1) is 0 Å². The highest BCUT2D eigenvalue weighted by Gasteiger charge is 2.20. The molecule has 0 radical (unpaired) electrons. The Labute approximate surface area is 103 Å². The zero-order valence-electron chi connectivity index (χ0n) is 11.1. The van der Waals surface area contributed by atoms with Crippen LogP contribution in [-0.2, 0) is 14.3 Å². The molecule has 5 heteroatoms. The third kappa shape index (κ3) is 8.68. The summed E-state index contributed by atoms with van der Waals surface area (Å²) in [5.74, 6) is -1.36. The molecule has 100 valence electrons. The molecule has 0 unspecified atom stereocenters. The van der Waals surface area contributed by atoms with Crippen LogP contribution in [0.5, 0.6) is 0 Å². The monoisotopic (exact) mass is 245 g/mol. The van der Waals surface area contributed by atoms with Gasteiger partial charge in [0.15, 0.2) is 0 Å². The Balaban J connectivity index is 4.04. The van der Waals surface area contributed by atoms with E-state index in [1.54, 1.807) is 20.8 Å². The Morgan fingerprint density at radius 3 is 2.35 bits per heavy atom. The number of nitrogens with one attached hydrogen (secondary N) is 1. The molecule has 0 heterocycles. The Kier molecular flexibility index (Phi) is 6.80. The van der Waals surface area contributed by atoms with Crippen LogP contribution in [0, 0.1) is 0 Å². The number of ether oxygens (including phenoxy) is 1. The second-order valence-electron chi connectivity index (χ2n) is 5.00. The summed E-state index contributed by atoms with van der Waals surface area (Å²) in [4.78, 5) is 22.3. The normalized spacial score (nSPS) is 13.2. The molecule has 0 aromatic heterocycles. The minimum Gasteiger partial charge on any atom is -0.480 e. The first kappa shape index (κ1) is 15.9. The van der Waals surface area contributed by atoms with E-state index in [1.165, 1.54) is 0 Å². The number of hydrogen-bond acceptors (Lipinski definition) is 4. The Morgan fingerprint density at radius 1 is 1.35 bits per heavy atom. The van der Waals surface area contributed by atoms with E-state index in [0.29, 0.717) is 6.42 Å². The molecule has 17 heavy (non-hydrogen) atoms. The first-order chi connectivity index (χ1) is 7.76.